The van der Waals surface area contributed by atoms with Gasteiger partial charge in [-0.3, -0.25) is 0 Å². The topological polar surface area (TPSA) is 12.0 Å². The fourth-order valence-corrected chi connectivity index (χ4v) is 2.36. The van der Waals surface area contributed by atoms with E-state index in [2.05, 4.69) is 57.4 Å². The van der Waals surface area contributed by atoms with Crippen molar-refractivity contribution in [2.75, 3.05) is 7.05 Å². The Balaban J connectivity index is 2.68. The lowest BCUT2D eigenvalue weighted by Crippen LogP contribution is -2.32. The minimum Gasteiger partial charge on any atom is -0.317 e. The summed E-state index contributed by atoms with van der Waals surface area (Å²) in [7, 11) is 2.07. The maximum absolute atomic E-state index is 3.40. The van der Waals surface area contributed by atoms with Gasteiger partial charge in [-0.05, 0) is 44.6 Å². The van der Waals surface area contributed by atoms with Crippen molar-refractivity contribution in [1.29, 1.82) is 0 Å². The molecule has 1 N–H and O–H groups in total. The molecule has 0 aromatic carbocycles. The zero-order valence-electron chi connectivity index (χ0n) is 10.5. The Morgan fingerprint density at radius 1 is 1.07 bits per heavy atom. The monoisotopic (exact) mass is 207 g/mol. The van der Waals surface area contributed by atoms with Gasteiger partial charge >= 0.3 is 0 Å². The maximum atomic E-state index is 3.40. The average molecular weight is 207 g/mol. The van der Waals surface area contributed by atoms with Gasteiger partial charge in [-0.25, -0.2) is 0 Å². The molecule has 0 amide bonds. The van der Waals surface area contributed by atoms with Crippen LogP contribution in [0.5, 0.6) is 0 Å². The molecule has 0 saturated heterocycles. The second-order valence-corrected chi connectivity index (χ2v) is 5.03. The summed E-state index contributed by atoms with van der Waals surface area (Å²) >= 11 is 0. The fraction of sp³-hybridized carbons (Fsp3) is 0.714. The Morgan fingerprint density at radius 3 is 1.93 bits per heavy atom. The van der Waals surface area contributed by atoms with Crippen LogP contribution >= 0.6 is 0 Å². The first-order valence-electron chi connectivity index (χ1n) is 6.15. The van der Waals surface area contributed by atoms with Gasteiger partial charge in [-0.15, -0.1) is 0 Å². The SMILES string of the molecule is CNC(C)C1CC(C)/C=C\C=C/C(C)C1. The predicted molar refractivity (Wildman–Crippen MR) is 67.9 cm³/mol. The van der Waals surface area contributed by atoms with Crippen molar-refractivity contribution in [2.24, 2.45) is 17.8 Å². The number of allylic oxidation sites excluding steroid dienone is 4. The van der Waals surface area contributed by atoms with E-state index < -0.39 is 0 Å². The number of nitrogens with one attached hydrogen (secondary N) is 1. The number of hydrogen-bond acceptors (Lipinski definition) is 1. The van der Waals surface area contributed by atoms with Crippen molar-refractivity contribution in [3.8, 4) is 0 Å². The van der Waals surface area contributed by atoms with Gasteiger partial charge in [0.2, 0.25) is 0 Å². The Kier molecular flexibility index (Phi) is 5.10. The molecular formula is C14H25N. The van der Waals surface area contributed by atoms with Gasteiger partial charge < -0.3 is 5.32 Å². The van der Waals surface area contributed by atoms with Gasteiger partial charge in [-0.2, -0.15) is 0 Å². The lowest BCUT2D eigenvalue weighted by molar-refractivity contribution is 0.300. The van der Waals surface area contributed by atoms with Gasteiger partial charge in [0, 0.05) is 6.04 Å². The summed E-state index contributed by atoms with van der Waals surface area (Å²) < 4.78 is 0. The molecule has 1 nitrogen and oxygen atoms in total. The summed E-state index contributed by atoms with van der Waals surface area (Å²) in [5.41, 5.74) is 0. The van der Waals surface area contributed by atoms with Crippen molar-refractivity contribution in [2.45, 2.75) is 39.7 Å². The highest BCUT2D eigenvalue weighted by Gasteiger charge is 2.20. The van der Waals surface area contributed by atoms with Crippen LogP contribution in [0.25, 0.3) is 0 Å². The summed E-state index contributed by atoms with van der Waals surface area (Å²) in [6, 6.07) is 0.620. The molecule has 1 heteroatoms. The second kappa shape index (κ2) is 6.12. The molecule has 0 aliphatic heterocycles. The summed E-state index contributed by atoms with van der Waals surface area (Å²) in [6.07, 6.45) is 11.6. The third-order valence-electron chi connectivity index (χ3n) is 3.50. The van der Waals surface area contributed by atoms with Crippen LogP contribution in [0, 0.1) is 17.8 Å². The van der Waals surface area contributed by atoms with Gasteiger partial charge in [0.1, 0.15) is 0 Å². The van der Waals surface area contributed by atoms with Crippen molar-refractivity contribution < 1.29 is 0 Å². The Labute approximate surface area is 94.6 Å². The van der Waals surface area contributed by atoms with Crippen LogP contribution in [-0.4, -0.2) is 13.1 Å². The molecule has 0 aromatic heterocycles. The van der Waals surface area contributed by atoms with E-state index in [0.29, 0.717) is 17.9 Å². The minimum atomic E-state index is 0.620. The fourth-order valence-electron chi connectivity index (χ4n) is 2.36. The normalized spacial score (nSPS) is 38.5. The summed E-state index contributed by atoms with van der Waals surface area (Å²) in [5.74, 6) is 2.17. The maximum Gasteiger partial charge on any atom is 0.00644 e. The molecule has 1 aliphatic carbocycles. The van der Waals surface area contributed by atoms with E-state index in [0.717, 1.165) is 5.92 Å². The van der Waals surface area contributed by atoms with Crippen LogP contribution in [0.1, 0.15) is 33.6 Å². The highest BCUT2D eigenvalue weighted by atomic mass is 14.9. The van der Waals surface area contributed by atoms with Crippen molar-refractivity contribution in [3.05, 3.63) is 24.3 Å². The molecule has 0 spiro atoms. The molecule has 3 atom stereocenters. The molecule has 0 fully saturated rings. The lowest BCUT2D eigenvalue weighted by atomic mass is 9.84. The first kappa shape index (κ1) is 12.5. The molecule has 1 aliphatic rings. The zero-order valence-corrected chi connectivity index (χ0v) is 10.5. The molecule has 0 bridgehead atoms. The third kappa shape index (κ3) is 4.21. The van der Waals surface area contributed by atoms with E-state index in [1.165, 1.54) is 12.8 Å². The van der Waals surface area contributed by atoms with Crippen molar-refractivity contribution in [1.82, 2.24) is 5.32 Å². The molecule has 0 radical (unpaired) electrons. The quantitative estimate of drug-likeness (QED) is 0.732. The van der Waals surface area contributed by atoms with Gasteiger partial charge in [0.05, 0.1) is 0 Å². The van der Waals surface area contributed by atoms with Gasteiger partial charge in [-0.1, -0.05) is 38.2 Å². The second-order valence-electron chi connectivity index (χ2n) is 5.03. The number of hydrogen-bond donors (Lipinski definition) is 1. The molecular weight excluding hydrogens is 182 g/mol. The highest BCUT2D eigenvalue weighted by molar-refractivity contribution is 5.07. The van der Waals surface area contributed by atoms with E-state index in [-0.39, 0.29) is 0 Å². The molecule has 15 heavy (non-hydrogen) atoms. The average Bonchev–Trinajstić information content (AvgIpc) is 2.29. The lowest BCUT2D eigenvalue weighted by Gasteiger charge is -2.27. The highest BCUT2D eigenvalue weighted by Crippen LogP contribution is 2.25. The van der Waals surface area contributed by atoms with Crippen LogP contribution in [0.4, 0.5) is 0 Å². The smallest absolute Gasteiger partial charge is 0.00644 e. The third-order valence-corrected chi connectivity index (χ3v) is 3.50. The van der Waals surface area contributed by atoms with Gasteiger partial charge in [0.15, 0.2) is 0 Å². The van der Waals surface area contributed by atoms with E-state index in [4.69, 9.17) is 0 Å². The van der Waals surface area contributed by atoms with Crippen LogP contribution < -0.4 is 5.32 Å². The van der Waals surface area contributed by atoms with E-state index >= 15 is 0 Å². The largest absolute Gasteiger partial charge is 0.317 e. The van der Waals surface area contributed by atoms with Crippen molar-refractivity contribution >= 4 is 0 Å². The van der Waals surface area contributed by atoms with Crippen molar-refractivity contribution in [3.63, 3.8) is 0 Å². The van der Waals surface area contributed by atoms with E-state index in [1.54, 1.807) is 0 Å². The standard InChI is InChI=1S/C14H25N/c1-11-7-5-6-8-12(2)10-14(9-11)13(3)15-4/h5-8,11-15H,9-10H2,1-4H3/b7-5-,8-6-. The van der Waals surface area contributed by atoms with Crippen LogP contribution in [-0.2, 0) is 0 Å². The van der Waals surface area contributed by atoms with Gasteiger partial charge in [0.25, 0.3) is 0 Å². The first-order valence-corrected chi connectivity index (χ1v) is 6.15. The first-order chi connectivity index (χ1) is 7.13. The van der Waals surface area contributed by atoms with E-state index in [1.807, 2.05) is 0 Å². The molecule has 3 unspecified atom stereocenters. The summed E-state index contributed by atoms with van der Waals surface area (Å²) in [5, 5.41) is 3.40. The zero-order chi connectivity index (χ0) is 11.3. The molecule has 0 aromatic rings. The Morgan fingerprint density at radius 2 is 1.53 bits per heavy atom. The van der Waals surface area contributed by atoms with Crippen LogP contribution in [0.2, 0.25) is 0 Å². The predicted octanol–water partition coefficient (Wildman–Crippen LogP) is 3.39. The summed E-state index contributed by atoms with van der Waals surface area (Å²) in [6.45, 7) is 6.93. The number of rotatable bonds is 2. The molecule has 0 heterocycles. The minimum absolute atomic E-state index is 0.620. The Bertz CT molecular complexity index is 209. The summed E-state index contributed by atoms with van der Waals surface area (Å²) in [4.78, 5) is 0. The molecule has 0 saturated carbocycles. The molecule has 1 rings (SSSR count). The van der Waals surface area contributed by atoms with Crippen LogP contribution in [0.15, 0.2) is 24.3 Å². The molecule has 86 valence electrons. The van der Waals surface area contributed by atoms with E-state index in [9.17, 15) is 0 Å². The van der Waals surface area contributed by atoms with Crippen LogP contribution in [0.3, 0.4) is 0 Å². The Hall–Kier alpha value is -0.560.